The first kappa shape index (κ1) is 24.0. The predicted octanol–water partition coefficient (Wildman–Crippen LogP) is 5.95. The SMILES string of the molecule is COc1cc(C)c(Cl)c(NC(=O)c2csc3c(Nc4ccc(Cn5ccnc5)cn4)ncnc23)c1Cl. The van der Waals surface area contributed by atoms with E-state index < -0.39 is 5.91 Å². The molecular formula is C24H19Cl2N7O2S. The summed E-state index contributed by atoms with van der Waals surface area (Å²) in [6, 6.07) is 5.56. The van der Waals surface area contributed by atoms with Crippen LogP contribution in [0, 0.1) is 6.92 Å². The number of nitrogens with zero attached hydrogens (tertiary/aromatic N) is 5. The third-order valence-electron chi connectivity index (χ3n) is 5.40. The molecule has 5 rings (SSSR count). The molecule has 1 aromatic carbocycles. The molecule has 0 aliphatic rings. The van der Waals surface area contributed by atoms with E-state index in [1.165, 1.54) is 24.8 Å². The number of hydrogen-bond donors (Lipinski definition) is 2. The van der Waals surface area contributed by atoms with Crippen molar-refractivity contribution in [1.82, 2.24) is 24.5 Å². The zero-order valence-electron chi connectivity index (χ0n) is 19.1. The molecule has 0 aliphatic carbocycles. The first-order valence-corrected chi connectivity index (χ1v) is 12.3. The molecule has 182 valence electrons. The molecule has 0 fully saturated rings. The van der Waals surface area contributed by atoms with Gasteiger partial charge in [-0.1, -0.05) is 29.3 Å². The maximum absolute atomic E-state index is 13.2. The second-order valence-electron chi connectivity index (χ2n) is 7.81. The van der Waals surface area contributed by atoms with Gasteiger partial charge in [0.05, 0.1) is 39.9 Å². The van der Waals surface area contributed by atoms with Crippen LogP contribution < -0.4 is 15.4 Å². The monoisotopic (exact) mass is 539 g/mol. The first-order chi connectivity index (χ1) is 17.4. The Balaban J connectivity index is 1.38. The molecule has 9 nitrogen and oxygen atoms in total. The molecule has 4 aromatic heterocycles. The van der Waals surface area contributed by atoms with Crippen molar-refractivity contribution >= 4 is 68.0 Å². The number of carbonyl (C=O) groups excluding carboxylic acids is 1. The third-order valence-corrected chi connectivity index (χ3v) is 7.24. The Hall–Kier alpha value is -3.73. The van der Waals surface area contributed by atoms with E-state index in [1.54, 1.807) is 37.1 Å². The standard InChI is InChI=1S/C24H19Cl2N7O2S/c1-13-7-16(35-2)19(26)21(18(13)25)32-24(34)15-10-36-22-20(15)29-11-30-23(22)31-17-4-3-14(8-28-17)9-33-6-5-27-12-33/h3-8,10-12H,9H2,1-2H3,(H,32,34)(H,28,29,30,31). The second-order valence-corrected chi connectivity index (χ2v) is 9.45. The van der Waals surface area contributed by atoms with Crippen LogP contribution in [0.5, 0.6) is 5.75 Å². The number of carbonyl (C=O) groups is 1. The molecule has 0 radical (unpaired) electrons. The number of anilines is 3. The van der Waals surface area contributed by atoms with Crippen LogP contribution in [0.1, 0.15) is 21.5 Å². The summed E-state index contributed by atoms with van der Waals surface area (Å²) in [4.78, 5) is 30.4. The Morgan fingerprint density at radius 1 is 1.19 bits per heavy atom. The molecule has 0 saturated heterocycles. The van der Waals surface area contributed by atoms with E-state index in [1.807, 2.05) is 22.9 Å². The van der Waals surface area contributed by atoms with E-state index in [2.05, 4.69) is 30.6 Å². The summed E-state index contributed by atoms with van der Waals surface area (Å²) in [6.45, 7) is 2.48. The van der Waals surface area contributed by atoms with E-state index in [9.17, 15) is 4.79 Å². The highest BCUT2D eigenvalue weighted by molar-refractivity contribution is 7.18. The number of hydrogen-bond acceptors (Lipinski definition) is 8. The quantitative estimate of drug-likeness (QED) is 0.263. The summed E-state index contributed by atoms with van der Waals surface area (Å²) in [7, 11) is 1.50. The smallest absolute Gasteiger partial charge is 0.258 e. The van der Waals surface area contributed by atoms with Gasteiger partial charge in [-0.15, -0.1) is 11.3 Å². The number of methoxy groups -OCH3 is 1. The van der Waals surface area contributed by atoms with Crippen LogP contribution in [-0.2, 0) is 6.54 Å². The van der Waals surface area contributed by atoms with E-state index in [-0.39, 0.29) is 10.7 Å². The second kappa shape index (κ2) is 10.1. The van der Waals surface area contributed by atoms with Crippen LogP contribution >= 0.6 is 34.5 Å². The predicted molar refractivity (Wildman–Crippen MR) is 142 cm³/mol. The number of thiophene rings is 1. The van der Waals surface area contributed by atoms with Gasteiger partial charge in [-0.25, -0.2) is 19.9 Å². The van der Waals surface area contributed by atoms with Crippen molar-refractivity contribution < 1.29 is 9.53 Å². The molecule has 36 heavy (non-hydrogen) atoms. The number of rotatable bonds is 7. The normalized spacial score (nSPS) is 11.0. The van der Waals surface area contributed by atoms with Gasteiger partial charge in [-0.3, -0.25) is 4.79 Å². The average Bonchev–Trinajstić information content (AvgIpc) is 3.56. The highest BCUT2D eigenvalue weighted by atomic mass is 35.5. The lowest BCUT2D eigenvalue weighted by Crippen LogP contribution is -2.13. The molecule has 0 bridgehead atoms. The summed E-state index contributed by atoms with van der Waals surface area (Å²) < 4.78 is 7.97. The Morgan fingerprint density at radius 2 is 2.06 bits per heavy atom. The Kier molecular flexibility index (Phi) is 6.73. The number of aromatic nitrogens is 5. The lowest BCUT2D eigenvalue weighted by molar-refractivity contribution is 0.102. The summed E-state index contributed by atoms with van der Waals surface area (Å²) >= 11 is 14.2. The molecule has 0 unspecified atom stereocenters. The molecule has 5 aromatic rings. The van der Waals surface area contributed by atoms with Crippen LogP contribution in [0.3, 0.4) is 0 Å². The number of benzene rings is 1. The van der Waals surface area contributed by atoms with Crippen LogP contribution in [0.4, 0.5) is 17.3 Å². The fourth-order valence-electron chi connectivity index (χ4n) is 3.58. The number of aryl methyl sites for hydroxylation is 1. The van der Waals surface area contributed by atoms with Crippen LogP contribution in [0.25, 0.3) is 10.2 Å². The number of ether oxygens (including phenoxy) is 1. The molecule has 1 amide bonds. The fourth-order valence-corrected chi connectivity index (χ4v) is 5.05. The van der Waals surface area contributed by atoms with Gasteiger partial charge in [0.25, 0.3) is 5.91 Å². The van der Waals surface area contributed by atoms with Crippen LogP contribution in [-0.4, -0.2) is 37.5 Å². The van der Waals surface area contributed by atoms with Crippen LogP contribution in [0.2, 0.25) is 10.0 Å². The van der Waals surface area contributed by atoms with Crippen molar-refractivity contribution in [2.45, 2.75) is 13.5 Å². The highest BCUT2D eigenvalue weighted by Crippen LogP contribution is 2.41. The Morgan fingerprint density at radius 3 is 2.78 bits per heavy atom. The number of imidazole rings is 1. The molecule has 0 atom stereocenters. The van der Waals surface area contributed by atoms with Gasteiger partial charge < -0.3 is 19.9 Å². The number of nitrogens with one attached hydrogen (secondary N) is 2. The van der Waals surface area contributed by atoms with Crippen molar-refractivity contribution in [3.8, 4) is 5.75 Å². The molecule has 0 saturated carbocycles. The van der Waals surface area contributed by atoms with Crippen molar-refractivity contribution in [2.24, 2.45) is 0 Å². The van der Waals surface area contributed by atoms with Crippen molar-refractivity contribution in [3.05, 3.63) is 81.6 Å². The third kappa shape index (κ3) is 4.70. The van der Waals surface area contributed by atoms with E-state index in [0.717, 1.165) is 11.1 Å². The molecule has 4 heterocycles. The largest absolute Gasteiger partial charge is 0.495 e. The van der Waals surface area contributed by atoms with E-state index in [0.29, 0.717) is 44.7 Å². The topological polar surface area (TPSA) is 107 Å². The summed E-state index contributed by atoms with van der Waals surface area (Å²) in [5, 5.41) is 8.30. The Labute approximate surface area is 220 Å². The van der Waals surface area contributed by atoms with Gasteiger partial charge in [-0.05, 0) is 30.2 Å². The van der Waals surface area contributed by atoms with Gasteiger partial charge in [0, 0.05) is 30.5 Å². The summed E-state index contributed by atoms with van der Waals surface area (Å²) in [6.07, 6.45) is 8.58. The van der Waals surface area contributed by atoms with E-state index >= 15 is 0 Å². The van der Waals surface area contributed by atoms with Crippen LogP contribution in [0.15, 0.2) is 54.8 Å². The summed E-state index contributed by atoms with van der Waals surface area (Å²) in [5.74, 6) is 1.19. The minimum atomic E-state index is -0.399. The highest BCUT2D eigenvalue weighted by Gasteiger charge is 2.21. The zero-order chi connectivity index (χ0) is 25.2. The van der Waals surface area contributed by atoms with Crippen molar-refractivity contribution in [1.29, 1.82) is 0 Å². The van der Waals surface area contributed by atoms with Crippen molar-refractivity contribution in [3.63, 3.8) is 0 Å². The molecule has 0 aliphatic heterocycles. The lowest BCUT2D eigenvalue weighted by atomic mass is 10.2. The molecular weight excluding hydrogens is 521 g/mol. The minimum Gasteiger partial charge on any atom is -0.495 e. The first-order valence-electron chi connectivity index (χ1n) is 10.7. The minimum absolute atomic E-state index is 0.223. The van der Waals surface area contributed by atoms with E-state index in [4.69, 9.17) is 27.9 Å². The number of pyridine rings is 1. The lowest BCUT2D eigenvalue weighted by Gasteiger charge is -2.14. The summed E-state index contributed by atoms with van der Waals surface area (Å²) in [5.41, 5.74) is 2.91. The average molecular weight is 540 g/mol. The maximum Gasteiger partial charge on any atom is 0.258 e. The Bertz CT molecular complexity index is 1550. The van der Waals surface area contributed by atoms with Gasteiger partial charge in [-0.2, -0.15) is 0 Å². The number of fused-ring (bicyclic) bond motifs is 1. The van der Waals surface area contributed by atoms with Gasteiger partial charge in [0.1, 0.15) is 22.9 Å². The zero-order valence-corrected chi connectivity index (χ0v) is 21.4. The van der Waals surface area contributed by atoms with Crippen molar-refractivity contribution in [2.75, 3.05) is 17.7 Å². The van der Waals surface area contributed by atoms with Gasteiger partial charge in [0.2, 0.25) is 0 Å². The molecule has 0 spiro atoms. The molecule has 12 heteroatoms. The maximum atomic E-state index is 13.2. The van der Waals surface area contributed by atoms with Gasteiger partial charge in [0.15, 0.2) is 5.82 Å². The number of amides is 1. The molecule has 2 N–H and O–H groups in total. The number of halogens is 2. The van der Waals surface area contributed by atoms with Gasteiger partial charge >= 0.3 is 0 Å². The fraction of sp³-hybridized carbons (Fsp3) is 0.125.